The second-order valence-electron chi connectivity index (χ2n) is 16.1. The molecule has 5 aliphatic carbocycles. The Labute approximate surface area is 251 Å². The first-order valence-electron chi connectivity index (χ1n) is 17.8. The number of aliphatic hydroxyl groups excluding tert-OH is 1. The quantitative estimate of drug-likeness (QED) is 0.233. The molecule has 0 aliphatic heterocycles. The van der Waals surface area contributed by atoms with Crippen molar-refractivity contribution < 1.29 is 19.4 Å². The Morgan fingerprint density at radius 1 is 0.854 bits per heavy atom. The number of aliphatic hydroxyl groups is 1. The number of rotatable bonds is 8. The third kappa shape index (κ3) is 6.16. The van der Waals surface area contributed by atoms with Crippen LogP contribution < -0.4 is 0 Å². The Kier molecular flexibility index (Phi) is 9.89. The summed E-state index contributed by atoms with van der Waals surface area (Å²) in [5.74, 6) is 3.54. The van der Waals surface area contributed by atoms with Crippen molar-refractivity contribution >= 4 is 6.16 Å². The third-order valence-electron chi connectivity index (χ3n) is 13.9. The summed E-state index contributed by atoms with van der Waals surface area (Å²) < 4.78 is 11.8. The van der Waals surface area contributed by atoms with Crippen LogP contribution in [0.15, 0.2) is 11.6 Å². The van der Waals surface area contributed by atoms with E-state index in [2.05, 4.69) is 40.7 Å². The van der Waals surface area contributed by atoms with Crippen molar-refractivity contribution in [2.45, 2.75) is 162 Å². The topological polar surface area (TPSA) is 55.8 Å². The van der Waals surface area contributed by atoms with Gasteiger partial charge < -0.3 is 14.6 Å². The maximum Gasteiger partial charge on any atom is 0.508 e. The highest BCUT2D eigenvalue weighted by atomic mass is 16.7. The van der Waals surface area contributed by atoms with Crippen molar-refractivity contribution in [2.75, 3.05) is 6.61 Å². The van der Waals surface area contributed by atoms with Gasteiger partial charge in [0, 0.05) is 13.0 Å². The van der Waals surface area contributed by atoms with E-state index in [4.69, 9.17) is 9.47 Å². The summed E-state index contributed by atoms with van der Waals surface area (Å²) in [5, 5.41) is 9.45. The molecule has 0 heterocycles. The summed E-state index contributed by atoms with van der Waals surface area (Å²) in [4.78, 5) is 12.8. The summed E-state index contributed by atoms with van der Waals surface area (Å²) >= 11 is 0. The lowest BCUT2D eigenvalue weighted by molar-refractivity contribution is -0.115. The Bertz CT molecular complexity index is 920. The number of fused-ring (bicyclic) bond motifs is 5. The van der Waals surface area contributed by atoms with E-state index >= 15 is 0 Å². The van der Waals surface area contributed by atoms with Gasteiger partial charge >= 0.3 is 6.16 Å². The van der Waals surface area contributed by atoms with Gasteiger partial charge in [0.1, 0.15) is 12.2 Å². The van der Waals surface area contributed by atoms with Crippen LogP contribution >= 0.6 is 0 Å². The van der Waals surface area contributed by atoms with Gasteiger partial charge in [0.25, 0.3) is 0 Å². The first-order chi connectivity index (χ1) is 19.6. The number of ether oxygens (including phenoxy) is 2. The SMILES string of the molecule is C[C@@H](CO)CCC[C@@H](C)[C@H]1CCC2(C)[C@@H]3CC=C4C[C@@H](OC(=O)OC5CCCCCCC5)CC[C@]4(C)C3CC[C@]12C. The van der Waals surface area contributed by atoms with Gasteiger partial charge in [0.2, 0.25) is 0 Å². The first kappa shape index (κ1) is 31.4. The van der Waals surface area contributed by atoms with Crippen LogP contribution in [0, 0.1) is 45.8 Å². The van der Waals surface area contributed by atoms with Crippen LogP contribution in [0.2, 0.25) is 0 Å². The molecule has 5 rings (SSSR count). The molecule has 41 heavy (non-hydrogen) atoms. The maximum atomic E-state index is 12.8. The lowest BCUT2D eigenvalue weighted by atomic mass is 9.42. The van der Waals surface area contributed by atoms with E-state index in [-0.39, 0.29) is 17.6 Å². The van der Waals surface area contributed by atoms with Crippen molar-refractivity contribution in [2.24, 2.45) is 45.8 Å². The van der Waals surface area contributed by atoms with Gasteiger partial charge in [-0.15, -0.1) is 0 Å². The molecule has 0 spiro atoms. The fourth-order valence-corrected chi connectivity index (χ4v) is 11.0. The van der Waals surface area contributed by atoms with E-state index in [0.717, 1.165) is 75.0 Å². The monoisotopic (exact) mass is 570 g/mol. The molecule has 0 aromatic heterocycles. The molecular formula is C37H62O4. The predicted octanol–water partition coefficient (Wildman–Crippen LogP) is 10.0. The second kappa shape index (κ2) is 12.9. The summed E-state index contributed by atoms with van der Waals surface area (Å²) in [6, 6.07) is 0. The number of hydrogen-bond donors (Lipinski definition) is 1. The Balaban J connectivity index is 1.21. The van der Waals surface area contributed by atoms with Gasteiger partial charge in [-0.2, -0.15) is 0 Å². The van der Waals surface area contributed by atoms with Gasteiger partial charge in [-0.05, 0) is 123 Å². The van der Waals surface area contributed by atoms with Gasteiger partial charge in [0.15, 0.2) is 0 Å². The summed E-state index contributed by atoms with van der Waals surface area (Å²) in [7, 11) is 0. The zero-order valence-electron chi connectivity index (χ0n) is 27.2. The van der Waals surface area contributed by atoms with Crippen molar-refractivity contribution in [1.82, 2.24) is 0 Å². The van der Waals surface area contributed by atoms with Crippen molar-refractivity contribution in [3.8, 4) is 0 Å². The third-order valence-corrected chi connectivity index (χ3v) is 13.9. The highest BCUT2D eigenvalue weighted by Crippen LogP contribution is 2.72. The zero-order chi connectivity index (χ0) is 29.3. The van der Waals surface area contributed by atoms with Gasteiger partial charge in [-0.25, -0.2) is 4.79 Å². The van der Waals surface area contributed by atoms with E-state index in [9.17, 15) is 9.90 Å². The smallest absolute Gasteiger partial charge is 0.431 e. The molecule has 0 amide bonds. The van der Waals surface area contributed by atoms with Gasteiger partial charge in [-0.3, -0.25) is 0 Å². The van der Waals surface area contributed by atoms with Crippen molar-refractivity contribution in [1.29, 1.82) is 0 Å². The Morgan fingerprint density at radius 2 is 1.54 bits per heavy atom. The average molecular weight is 571 g/mol. The van der Waals surface area contributed by atoms with Crippen LogP contribution in [0.4, 0.5) is 4.79 Å². The predicted molar refractivity (Wildman–Crippen MR) is 167 cm³/mol. The lowest BCUT2D eigenvalue weighted by Gasteiger charge is -2.63. The molecule has 4 saturated carbocycles. The summed E-state index contributed by atoms with van der Waals surface area (Å²) in [5.41, 5.74) is 2.66. The van der Waals surface area contributed by atoms with Crippen molar-refractivity contribution in [3.05, 3.63) is 11.6 Å². The highest BCUT2D eigenvalue weighted by Gasteiger charge is 2.64. The molecule has 2 unspecified atom stereocenters. The minimum atomic E-state index is -0.420. The van der Waals surface area contributed by atoms with Gasteiger partial charge in [-0.1, -0.05) is 78.4 Å². The average Bonchev–Trinajstić information content (AvgIpc) is 3.21. The van der Waals surface area contributed by atoms with E-state index in [1.807, 2.05) is 0 Å². The van der Waals surface area contributed by atoms with E-state index in [1.165, 1.54) is 64.2 Å². The molecule has 234 valence electrons. The Hall–Kier alpha value is -1.03. The van der Waals surface area contributed by atoms with E-state index in [0.29, 0.717) is 23.4 Å². The molecule has 4 fully saturated rings. The fraction of sp³-hybridized carbons (Fsp3) is 0.919. The number of allylic oxidation sites excluding steroid dienone is 1. The van der Waals surface area contributed by atoms with Crippen LogP contribution in [0.1, 0.15) is 150 Å². The number of carbonyl (C=O) groups excluding carboxylic acids is 1. The Morgan fingerprint density at radius 3 is 2.27 bits per heavy atom. The van der Waals surface area contributed by atoms with Crippen LogP contribution in [0.3, 0.4) is 0 Å². The molecule has 0 bridgehead atoms. The molecular weight excluding hydrogens is 508 g/mol. The molecule has 4 nitrogen and oxygen atoms in total. The molecule has 0 aromatic rings. The molecule has 0 aromatic carbocycles. The summed E-state index contributed by atoms with van der Waals surface area (Å²) in [6.45, 7) is 12.9. The molecule has 1 N–H and O–H groups in total. The normalized spacial score (nSPS) is 41.1. The van der Waals surface area contributed by atoms with E-state index in [1.54, 1.807) is 5.57 Å². The summed E-state index contributed by atoms with van der Waals surface area (Å²) in [6.07, 6.45) is 23.8. The zero-order valence-corrected chi connectivity index (χ0v) is 27.2. The first-order valence-corrected chi connectivity index (χ1v) is 17.8. The molecule has 0 radical (unpaired) electrons. The maximum absolute atomic E-state index is 12.8. The molecule has 9 atom stereocenters. The minimum absolute atomic E-state index is 0.0263. The van der Waals surface area contributed by atoms with Crippen LogP contribution in [0.25, 0.3) is 0 Å². The van der Waals surface area contributed by atoms with Crippen molar-refractivity contribution in [3.63, 3.8) is 0 Å². The van der Waals surface area contributed by atoms with E-state index < -0.39 is 6.16 Å². The minimum Gasteiger partial charge on any atom is -0.431 e. The molecule has 0 saturated heterocycles. The fourth-order valence-electron chi connectivity index (χ4n) is 11.0. The highest BCUT2D eigenvalue weighted by molar-refractivity contribution is 5.60. The van der Waals surface area contributed by atoms with Crippen LogP contribution in [-0.4, -0.2) is 30.1 Å². The van der Waals surface area contributed by atoms with Crippen LogP contribution in [-0.2, 0) is 9.47 Å². The molecule has 5 aliphatic rings. The number of hydrogen-bond acceptors (Lipinski definition) is 4. The van der Waals surface area contributed by atoms with Gasteiger partial charge in [0.05, 0.1) is 0 Å². The lowest BCUT2D eigenvalue weighted by Crippen LogP contribution is -2.55. The second-order valence-corrected chi connectivity index (χ2v) is 16.1. The standard InChI is InChI=1S/C37H62O4/c1-26(25-38)12-11-13-27(2)31-19-22-37(5)33-17-16-28-24-30(18-21-35(28,3)32(33)20-23-36(31,37)4)41-34(39)40-29-14-9-7-6-8-10-15-29/h16,26-27,29-33,38H,6-15,17-25H2,1-5H3/t26-,27-,30+,31-,32?,33-,35+,36-,37?/m1/s1. The number of carbonyl (C=O) groups is 1. The van der Waals surface area contributed by atoms with Crippen LogP contribution in [0.5, 0.6) is 0 Å². The largest absolute Gasteiger partial charge is 0.508 e. The molecule has 4 heteroatoms.